The lowest BCUT2D eigenvalue weighted by Crippen LogP contribution is -2.37. The van der Waals surface area contributed by atoms with E-state index in [1.807, 2.05) is 46.8 Å². The van der Waals surface area contributed by atoms with E-state index in [0.717, 1.165) is 37.3 Å². The zero-order valence-corrected chi connectivity index (χ0v) is 12.6. The summed E-state index contributed by atoms with van der Waals surface area (Å²) in [4.78, 5) is 14.0. The Morgan fingerprint density at radius 3 is 2.59 bits per heavy atom. The van der Waals surface area contributed by atoms with E-state index in [2.05, 4.69) is 22.0 Å². The number of hydrogen-bond donors (Lipinski definition) is 0. The number of carbonyl (C=O) groups excluding carboxylic acids is 1. The molecular weight excluding hydrogens is 276 g/mol. The highest BCUT2D eigenvalue weighted by atomic mass is 16.2. The molecule has 1 amide bonds. The molecule has 0 unspecified atom stereocenters. The van der Waals surface area contributed by atoms with Gasteiger partial charge in [-0.3, -0.25) is 4.79 Å². The topological polar surface area (TPSA) is 51.0 Å². The number of hydrogen-bond acceptors (Lipinski definition) is 3. The summed E-state index contributed by atoms with van der Waals surface area (Å²) < 4.78 is 1.96. The van der Waals surface area contributed by atoms with Gasteiger partial charge >= 0.3 is 0 Å². The Bertz CT molecular complexity index is 703. The van der Waals surface area contributed by atoms with Gasteiger partial charge in [0.25, 0.3) is 5.91 Å². The first-order chi connectivity index (χ1) is 10.7. The molecule has 0 radical (unpaired) electrons. The number of nitrogens with zero attached hydrogens (tertiary/aromatic N) is 4. The van der Waals surface area contributed by atoms with Gasteiger partial charge in [0.1, 0.15) is 12.2 Å². The molecule has 1 aromatic carbocycles. The van der Waals surface area contributed by atoms with Crippen molar-refractivity contribution in [1.29, 1.82) is 0 Å². The number of rotatable bonds is 1. The number of aryl methyl sites for hydroxylation is 1. The minimum Gasteiger partial charge on any atom is -0.332 e. The summed E-state index contributed by atoms with van der Waals surface area (Å²) in [7, 11) is 1.96. The minimum absolute atomic E-state index is 0.0970. The second kappa shape index (κ2) is 6.44. The van der Waals surface area contributed by atoms with Crippen LogP contribution in [0.2, 0.25) is 0 Å². The van der Waals surface area contributed by atoms with Crippen LogP contribution in [0.1, 0.15) is 30.1 Å². The molecule has 0 atom stereocenters. The molecular formula is C17H18N4O. The van der Waals surface area contributed by atoms with Crippen molar-refractivity contribution in [2.75, 3.05) is 13.1 Å². The molecule has 22 heavy (non-hydrogen) atoms. The lowest BCUT2D eigenvalue weighted by molar-refractivity contribution is -0.126. The number of aromatic nitrogens is 3. The monoisotopic (exact) mass is 294 g/mol. The van der Waals surface area contributed by atoms with Gasteiger partial charge in [0.2, 0.25) is 0 Å². The van der Waals surface area contributed by atoms with Crippen LogP contribution in [0.4, 0.5) is 0 Å². The fraction of sp³-hybridized carbons (Fsp3) is 0.353. The van der Waals surface area contributed by atoms with Crippen molar-refractivity contribution >= 4 is 5.91 Å². The summed E-state index contributed by atoms with van der Waals surface area (Å²) in [5.74, 6) is 6.93. The van der Waals surface area contributed by atoms with Gasteiger partial charge in [0, 0.05) is 37.5 Å². The molecule has 2 heterocycles. The van der Waals surface area contributed by atoms with E-state index in [1.54, 1.807) is 6.33 Å². The summed E-state index contributed by atoms with van der Waals surface area (Å²) in [6.07, 6.45) is 3.54. The molecule has 5 nitrogen and oxygen atoms in total. The molecule has 0 N–H and O–H groups in total. The maximum Gasteiger partial charge on any atom is 0.298 e. The summed E-state index contributed by atoms with van der Waals surface area (Å²) in [5, 5.41) is 8.09. The van der Waals surface area contributed by atoms with E-state index < -0.39 is 0 Å². The van der Waals surface area contributed by atoms with Crippen LogP contribution in [-0.4, -0.2) is 38.7 Å². The molecule has 5 heteroatoms. The molecule has 112 valence electrons. The molecule has 1 saturated heterocycles. The first kappa shape index (κ1) is 14.3. The van der Waals surface area contributed by atoms with E-state index in [1.165, 1.54) is 0 Å². The number of amides is 1. The second-order valence-electron chi connectivity index (χ2n) is 5.48. The van der Waals surface area contributed by atoms with Crippen molar-refractivity contribution in [1.82, 2.24) is 19.7 Å². The number of carbonyl (C=O) groups is 1. The highest BCUT2D eigenvalue weighted by molar-refractivity contribution is 5.94. The van der Waals surface area contributed by atoms with Gasteiger partial charge in [0.15, 0.2) is 0 Å². The maximum atomic E-state index is 12.2. The van der Waals surface area contributed by atoms with E-state index in [-0.39, 0.29) is 5.91 Å². The van der Waals surface area contributed by atoms with Crippen LogP contribution < -0.4 is 0 Å². The molecule has 3 rings (SSSR count). The van der Waals surface area contributed by atoms with E-state index >= 15 is 0 Å². The van der Waals surface area contributed by atoms with E-state index in [9.17, 15) is 4.79 Å². The molecule has 0 saturated carbocycles. The van der Waals surface area contributed by atoms with Crippen LogP contribution in [-0.2, 0) is 11.8 Å². The quantitative estimate of drug-likeness (QED) is 0.750. The maximum absolute atomic E-state index is 12.2. The second-order valence-corrected chi connectivity index (χ2v) is 5.48. The molecule has 1 aromatic heterocycles. The van der Waals surface area contributed by atoms with Crippen molar-refractivity contribution in [3.63, 3.8) is 0 Å². The average molecular weight is 294 g/mol. The van der Waals surface area contributed by atoms with Crippen molar-refractivity contribution in [2.24, 2.45) is 7.05 Å². The Hall–Kier alpha value is -2.61. The van der Waals surface area contributed by atoms with Gasteiger partial charge in [-0.25, -0.2) is 0 Å². The summed E-state index contributed by atoms with van der Waals surface area (Å²) >= 11 is 0. The zero-order chi connectivity index (χ0) is 15.4. The van der Waals surface area contributed by atoms with E-state index in [4.69, 9.17) is 0 Å². The average Bonchev–Trinajstić information content (AvgIpc) is 3.00. The van der Waals surface area contributed by atoms with Crippen LogP contribution in [0.3, 0.4) is 0 Å². The Morgan fingerprint density at radius 2 is 1.95 bits per heavy atom. The molecule has 1 aliphatic heterocycles. The predicted octanol–water partition coefficient (Wildman–Crippen LogP) is 1.57. The zero-order valence-electron chi connectivity index (χ0n) is 12.6. The molecule has 2 aromatic rings. The van der Waals surface area contributed by atoms with Crippen molar-refractivity contribution in [3.8, 4) is 11.8 Å². The summed E-state index contributed by atoms with van der Waals surface area (Å²) in [6, 6.07) is 9.58. The fourth-order valence-corrected chi connectivity index (χ4v) is 2.73. The van der Waals surface area contributed by atoms with Crippen molar-refractivity contribution in [2.45, 2.75) is 18.8 Å². The number of likely N-dealkylation sites (tertiary alicyclic amines) is 1. The van der Waals surface area contributed by atoms with Gasteiger partial charge in [-0.1, -0.05) is 24.1 Å². The smallest absolute Gasteiger partial charge is 0.298 e. The molecule has 1 fully saturated rings. The first-order valence-electron chi connectivity index (χ1n) is 7.44. The first-order valence-corrected chi connectivity index (χ1v) is 7.44. The standard InChI is InChI=1S/C17H18N4O/c1-20-13-18-19-17(20)15-9-11-21(12-10-15)16(22)8-7-14-5-3-2-4-6-14/h2-6,13,15H,9-12H2,1H3. The Morgan fingerprint density at radius 1 is 1.23 bits per heavy atom. The molecule has 1 aliphatic rings. The van der Waals surface area contributed by atoms with Crippen molar-refractivity contribution in [3.05, 3.63) is 48.0 Å². The highest BCUT2D eigenvalue weighted by Gasteiger charge is 2.25. The molecule has 0 aliphatic carbocycles. The lowest BCUT2D eigenvalue weighted by Gasteiger charge is -2.30. The largest absolute Gasteiger partial charge is 0.332 e. The Labute approximate surface area is 130 Å². The minimum atomic E-state index is -0.0970. The van der Waals surface area contributed by atoms with Gasteiger partial charge in [-0.15, -0.1) is 10.2 Å². The van der Waals surface area contributed by atoms with Crippen LogP contribution >= 0.6 is 0 Å². The third-order valence-corrected chi connectivity index (χ3v) is 3.98. The lowest BCUT2D eigenvalue weighted by atomic mass is 9.96. The SMILES string of the molecule is Cn1cnnc1C1CCN(C(=O)C#Cc2ccccc2)CC1. The third-order valence-electron chi connectivity index (χ3n) is 3.98. The Kier molecular flexibility index (Phi) is 4.19. The van der Waals surface area contributed by atoms with Crippen LogP contribution in [0.15, 0.2) is 36.7 Å². The van der Waals surface area contributed by atoms with Crippen molar-refractivity contribution < 1.29 is 4.79 Å². The predicted molar refractivity (Wildman–Crippen MR) is 82.9 cm³/mol. The molecule has 0 spiro atoms. The van der Waals surface area contributed by atoms with Crippen LogP contribution in [0.25, 0.3) is 0 Å². The summed E-state index contributed by atoms with van der Waals surface area (Å²) in [6.45, 7) is 1.44. The third kappa shape index (κ3) is 3.17. The van der Waals surface area contributed by atoms with Gasteiger partial charge in [-0.05, 0) is 25.0 Å². The van der Waals surface area contributed by atoms with Crippen LogP contribution in [0.5, 0.6) is 0 Å². The van der Waals surface area contributed by atoms with Crippen LogP contribution in [0, 0.1) is 11.8 Å². The summed E-state index contributed by atoms with van der Waals surface area (Å²) in [5.41, 5.74) is 0.866. The van der Waals surface area contributed by atoms with Gasteiger partial charge in [0.05, 0.1) is 0 Å². The van der Waals surface area contributed by atoms with Gasteiger partial charge < -0.3 is 9.47 Å². The highest BCUT2D eigenvalue weighted by Crippen LogP contribution is 2.25. The van der Waals surface area contributed by atoms with Gasteiger partial charge in [-0.2, -0.15) is 0 Å². The number of piperidine rings is 1. The normalized spacial score (nSPS) is 15.2. The number of benzene rings is 1. The molecule has 0 bridgehead atoms. The Balaban J connectivity index is 1.59. The fourth-order valence-electron chi connectivity index (χ4n) is 2.73. The van der Waals surface area contributed by atoms with E-state index in [0.29, 0.717) is 5.92 Å².